The molecule has 0 bridgehead atoms. The van der Waals surface area contributed by atoms with Crippen molar-refractivity contribution < 1.29 is 14.3 Å². The van der Waals surface area contributed by atoms with Crippen molar-refractivity contribution >= 4 is 61.3 Å². The standard InChI is InChI=1S/C12H6Br2ClNO3/c13-9-4-7(19-11(9)14)5-16-6-1-2-8(12(17)18)10(15)3-6/h1-5H,(H,17,18). The van der Waals surface area contributed by atoms with E-state index < -0.39 is 5.97 Å². The highest BCUT2D eigenvalue weighted by molar-refractivity contribution is 9.13. The van der Waals surface area contributed by atoms with E-state index in [2.05, 4.69) is 36.9 Å². The highest BCUT2D eigenvalue weighted by Gasteiger charge is 2.08. The van der Waals surface area contributed by atoms with E-state index in [1.807, 2.05) is 0 Å². The lowest BCUT2D eigenvalue weighted by Crippen LogP contribution is -1.96. The van der Waals surface area contributed by atoms with E-state index in [1.165, 1.54) is 18.3 Å². The van der Waals surface area contributed by atoms with Crippen LogP contribution in [0.1, 0.15) is 16.1 Å². The number of aromatic carboxylic acids is 1. The third-order valence-electron chi connectivity index (χ3n) is 2.19. The molecular weight excluding hydrogens is 401 g/mol. The summed E-state index contributed by atoms with van der Waals surface area (Å²) in [6.07, 6.45) is 1.52. The fraction of sp³-hybridized carbons (Fsp3) is 0. The summed E-state index contributed by atoms with van der Waals surface area (Å²) in [5.41, 5.74) is 0.586. The number of nitrogens with zero attached hydrogens (tertiary/aromatic N) is 1. The molecule has 0 amide bonds. The van der Waals surface area contributed by atoms with Crippen LogP contribution in [0.2, 0.25) is 5.02 Å². The van der Waals surface area contributed by atoms with Gasteiger partial charge in [-0.3, -0.25) is 4.99 Å². The van der Waals surface area contributed by atoms with Crippen LogP contribution in [0.3, 0.4) is 0 Å². The summed E-state index contributed by atoms with van der Waals surface area (Å²) < 4.78 is 6.68. The van der Waals surface area contributed by atoms with Gasteiger partial charge in [0.05, 0.1) is 27.0 Å². The highest BCUT2D eigenvalue weighted by Crippen LogP contribution is 2.27. The first-order valence-corrected chi connectivity index (χ1v) is 6.95. The first-order chi connectivity index (χ1) is 8.97. The first kappa shape index (κ1) is 14.3. The lowest BCUT2D eigenvalue weighted by Gasteiger charge is -1.99. The van der Waals surface area contributed by atoms with E-state index in [0.29, 0.717) is 16.1 Å². The first-order valence-electron chi connectivity index (χ1n) is 4.99. The molecule has 1 N–H and O–H groups in total. The topological polar surface area (TPSA) is 62.8 Å². The van der Waals surface area contributed by atoms with Crippen molar-refractivity contribution in [3.05, 3.63) is 49.8 Å². The Kier molecular flexibility index (Phi) is 4.44. The Morgan fingerprint density at radius 3 is 2.63 bits per heavy atom. The van der Waals surface area contributed by atoms with Crippen LogP contribution < -0.4 is 0 Å². The molecule has 19 heavy (non-hydrogen) atoms. The van der Waals surface area contributed by atoms with Crippen LogP contribution in [0.5, 0.6) is 0 Å². The van der Waals surface area contributed by atoms with E-state index in [9.17, 15) is 4.79 Å². The number of aliphatic imine (C=N–C) groups is 1. The van der Waals surface area contributed by atoms with Gasteiger partial charge in [0.25, 0.3) is 0 Å². The van der Waals surface area contributed by atoms with Crippen molar-refractivity contribution in [1.29, 1.82) is 0 Å². The second-order valence-corrected chi connectivity index (χ2v) is 5.48. The molecule has 4 nitrogen and oxygen atoms in total. The van der Waals surface area contributed by atoms with E-state index in [1.54, 1.807) is 12.1 Å². The van der Waals surface area contributed by atoms with E-state index in [4.69, 9.17) is 21.1 Å². The zero-order valence-corrected chi connectivity index (χ0v) is 13.2. The monoisotopic (exact) mass is 405 g/mol. The molecule has 0 aliphatic rings. The number of benzene rings is 1. The van der Waals surface area contributed by atoms with Crippen LogP contribution in [0.15, 0.2) is 42.8 Å². The van der Waals surface area contributed by atoms with Crippen molar-refractivity contribution in [2.75, 3.05) is 0 Å². The molecule has 0 spiro atoms. The van der Waals surface area contributed by atoms with Crippen LogP contribution in [-0.4, -0.2) is 17.3 Å². The van der Waals surface area contributed by atoms with Gasteiger partial charge in [-0.15, -0.1) is 0 Å². The second-order valence-electron chi connectivity index (χ2n) is 3.50. The Balaban J connectivity index is 2.24. The third kappa shape index (κ3) is 3.46. The maximum Gasteiger partial charge on any atom is 0.337 e. The summed E-state index contributed by atoms with van der Waals surface area (Å²) in [4.78, 5) is 15.0. The van der Waals surface area contributed by atoms with Gasteiger partial charge in [0.15, 0.2) is 4.67 Å². The van der Waals surface area contributed by atoms with Crippen molar-refractivity contribution in [2.45, 2.75) is 0 Å². The van der Waals surface area contributed by atoms with Gasteiger partial charge in [0, 0.05) is 6.07 Å². The third-order valence-corrected chi connectivity index (χ3v) is 4.21. The van der Waals surface area contributed by atoms with Gasteiger partial charge in [-0.1, -0.05) is 11.6 Å². The zero-order chi connectivity index (χ0) is 14.0. The van der Waals surface area contributed by atoms with Gasteiger partial charge in [0.1, 0.15) is 5.76 Å². The summed E-state index contributed by atoms with van der Waals surface area (Å²) in [5.74, 6) is -0.517. The Hall–Kier alpha value is -1.11. The molecule has 0 saturated heterocycles. The minimum absolute atomic E-state index is 0.0455. The molecule has 1 aromatic heterocycles. The summed E-state index contributed by atoms with van der Waals surface area (Å²) >= 11 is 12.4. The highest BCUT2D eigenvalue weighted by atomic mass is 79.9. The molecule has 98 valence electrons. The predicted molar refractivity (Wildman–Crippen MR) is 79.8 cm³/mol. The summed E-state index contributed by atoms with van der Waals surface area (Å²) in [6, 6.07) is 6.21. The second kappa shape index (κ2) is 5.90. The summed E-state index contributed by atoms with van der Waals surface area (Å²) in [7, 11) is 0. The number of rotatable bonds is 3. The van der Waals surface area contributed by atoms with Crippen molar-refractivity contribution in [2.24, 2.45) is 4.99 Å². The van der Waals surface area contributed by atoms with Gasteiger partial charge in [-0.25, -0.2) is 4.79 Å². The van der Waals surface area contributed by atoms with Gasteiger partial charge < -0.3 is 9.52 Å². The Morgan fingerprint density at radius 2 is 2.11 bits per heavy atom. The number of halogens is 3. The minimum atomic E-state index is -1.07. The number of hydrogen-bond donors (Lipinski definition) is 1. The van der Waals surface area contributed by atoms with Gasteiger partial charge >= 0.3 is 5.97 Å². The molecule has 0 saturated carbocycles. The fourth-order valence-corrected chi connectivity index (χ4v) is 2.19. The van der Waals surface area contributed by atoms with Crippen molar-refractivity contribution in [3.8, 4) is 0 Å². The number of furan rings is 1. The van der Waals surface area contributed by atoms with Gasteiger partial charge in [-0.05, 0) is 50.1 Å². The van der Waals surface area contributed by atoms with Crippen LogP contribution in [0.4, 0.5) is 5.69 Å². The van der Waals surface area contributed by atoms with Gasteiger partial charge in [-0.2, -0.15) is 0 Å². The van der Waals surface area contributed by atoms with Crippen molar-refractivity contribution in [1.82, 2.24) is 0 Å². The quantitative estimate of drug-likeness (QED) is 0.736. The average molecular weight is 407 g/mol. The molecule has 0 aliphatic heterocycles. The molecular formula is C12H6Br2ClNO3. The maximum atomic E-state index is 10.8. The molecule has 7 heteroatoms. The normalized spacial score (nSPS) is 11.1. The van der Waals surface area contributed by atoms with Crippen LogP contribution in [0.25, 0.3) is 0 Å². The maximum absolute atomic E-state index is 10.8. The smallest absolute Gasteiger partial charge is 0.337 e. The molecule has 2 rings (SSSR count). The minimum Gasteiger partial charge on any atom is -0.478 e. The van der Waals surface area contributed by atoms with Crippen LogP contribution in [-0.2, 0) is 0 Å². The van der Waals surface area contributed by atoms with Crippen LogP contribution in [0, 0.1) is 0 Å². The van der Waals surface area contributed by atoms with Crippen LogP contribution >= 0.6 is 43.5 Å². The Morgan fingerprint density at radius 1 is 1.37 bits per heavy atom. The molecule has 0 atom stereocenters. The molecule has 1 aromatic carbocycles. The number of carbonyl (C=O) groups is 1. The van der Waals surface area contributed by atoms with E-state index >= 15 is 0 Å². The van der Waals surface area contributed by atoms with E-state index in [0.717, 1.165) is 4.47 Å². The lowest BCUT2D eigenvalue weighted by atomic mass is 10.2. The average Bonchev–Trinajstić information content (AvgIpc) is 2.66. The molecule has 0 unspecified atom stereocenters. The predicted octanol–water partition coefficient (Wildman–Crippen LogP) is 4.91. The Bertz CT molecular complexity index is 647. The molecule has 2 aromatic rings. The lowest BCUT2D eigenvalue weighted by molar-refractivity contribution is 0.0697. The Labute approximate surface area is 130 Å². The zero-order valence-electron chi connectivity index (χ0n) is 9.23. The summed E-state index contributed by atoms with van der Waals surface area (Å²) in [6.45, 7) is 0. The molecule has 0 aliphatic carbocycles. The number of carboxylic acid groups (broad SMARTS) is 1. The van der Waals surface area contributed by atoms with E-state index in [-0.39, 0.29) is 10.6 Å². The SMILES string of the molecule is O=C(O)c1ccc(N=Cc2cc(Br)c(Br)o2)cc1Cl. The molecule has 0 fully saturated rings. The molecule has 1 heterocycles. The largest absolute Gasteiger partial charge is 0.478 e. The fourth-order valence-electron chi connectivity index (χ4n) is 1.32. The molecule has 0 radical (unpaired) electrons. The number of hydrogen-bond acceptors (Lipinski definition) is 3. The number of carboxylic acids is 1. The van der Waals surface area contributed by atoms with Gasteiger partial charge in [0.2, 0.25) is 0 Å². The summed E-state index contributed by atoms with van der Waals surface area (Å²) in [5, 5.41) is 8.99. The van der Waals surface area contributed by atoms with Crippen molar-refractivity contribution in [3.63, 3.8) is 0 Å².